The van der Waals surface area contributed by atoms with E-state index in [0.29, 0.717) is 5.41 Å². The maximum atomic E-state index is 6.29. The van der Waals surface area contributed by atoms with Crippen molar-refractivity contribution in [2.45, 2.75) is 71.6 Å². The highest BCUT2D eigenvalue weighted by Crippen LogP contribution is 2.45. The lowest BCUT2D eigenvalue weighted by molar-refractivity contribution is 0.120. The first kappa shape index (κ1) is 13.4. The Bertz CT molecular complexity index is 155. The molecule has 0 amide bonds. The van der Waals surface area contributed by atoms with Crippen molar-refractivity contribution in [3.05, 3.63) is 0 Å². The predicted octanol–water partition coefficient (Wildman–Crippen LogP) is 5.39. The van der Waals surface area contributed by atoms with E-state index < -0.39 is 0 Å². The van der Waals surface area contributed by atoms with E-state index in [-0.39, 0.29) is 0 Å². The van der Waals surface area contributed by atoms with Crippen molar-refractivity contribution in [2.75, 3.05) is 5.88 Å². The van der Waals surface area contributed by atoms with Crippen LogP contribution >= 0.6 is 11.6 Å². The summed E-state index contributed by atoms with van der Waals surface area (Å²) < 4.78 is 0. The van der Waals surface area contributed by atoms with Gasteiger partial charge in [-0.05, 0) is 37.0 Å². The average molecular weight is 231 g/mol. The molecule has 0 saturated heterocycles. The van der Waals surface area contributed by atoms with E-state index in [2.05, 4.69) is 13.8 Å². The number of rotatable bonds is 6. The standard InChI is InChI=1S/C14H27Cl/c1-3-5-11-14(4-2,12-15)13-9-7-6-8-10-13/h13H,3-12H2,1-2H3. The van der Waals surface area contributed by atoms with Crippen LogP contribution in [-0.4, -0.2) is 5.88 Å². The molecule has 90 valence electrons. The van der Waals surface area contributed by atoms with Gasteiger partial charge >= 0.3 is 0 Å². The van der Waals surface area contributed by atoms with Crippen LogP contribution in [0.15, 0.2) is 0 Å². The van der Waals surface area contributed by atoms with E-state index in [4.69, 9.17) is 11.6 Å². The smallest absolute Gasteiger partial charge is 0.0282 e. The van der Waals surface area contributed by atoms with Gasteiger partial charge in [0.1, 0.15) is 0 Å². The van der Waals surface area contributed by atoms with E-state index in [1.54, 1.807) is 0 Å². The molecule has 1 aliphatic carbocycles. The Kier molecular flexibility index (Phi) is 6.04. The summed E-state index contributed by atoms with van der Waals surface area (Å²) in [7, 11) is 0. The Morgan fingerprint density at radius 3 is 2.27 bits per heavy atom. The monoisotopic (exact) mass is 230 g/mol. The third-order valence-corrected chi connectivity index (χ3v) is 5.00. The summed E-state index contributed by atoms with van der Waals surface area (Å²) in [5.41, 5.74) is 0.470. The molecule has 1 fully saturated rings. The van der Waals surface area contributed by atoms with Crippen molar-refractivity contribution in [2.24, 2.45) is 11.3 Å². The minimum atomic E-state index is 0.470. The van der Waals surface area contributed by atoms with Crippen molar-refractivity contribution in [1.82, 2.24) is 0 Å². The number of hydrogen-bond donors (Lipinski definition) is 0. The summed E-state index contributed by atoms with van der Waals surface area (Å²) in [4.78, 5) is 0. The molecular weight excluding hydrogens is 204 g/mol. The van der Waals surface area contributed by atoms with Gasteiger partial charge in [-0.3, -0.25) is 0 Å². The molecule has 0 aromatic heterocycles. The Morgan fingerprint density at radius 2 is 1.80 bits per heavy atom. The first-order chi connectivity index (χ1) is 7.29. The fraction of sp³-hybridized carbons (Fsp3) is 1.00. The van der Waals surface area contributed by atoms with Crippen molar-refractivity contribution >= 4 is 11.6 Å². The minimum absolute atomic E-state index is 0.470. The Balaban J connectivity index is 2.59. The molecule has 1 rings (SSSR count). The van der Waals surface area contributed by atoms with Gasteiger partial charge in [-0.25, -0.2) is 0 Å². The predicted molar refractivity (Wildman–Crippen MR) is 69.5 cm³/mol. The molecule has 0 heterocycles. The zero-order valence-electron chi connectivity index (χ0n) is 10.5. The summed E-state index contributed by atoms with van der Waals surface area (Å²) in [5.74, 6) is 1.80. The summed E-state index contributed by atoms with van der Waals surface area (Å²) in [6.45, 7) is 4.63. The molecule has 0 radical (unpaired) electrons. The summed E-state index contributed by atoms with van der Waals surface area (Å²) in [5, 5.41) is 0. The summed E-state index contributed by atoms with van der Waals surface area (Å²) >= 11 is 6.29. The maximum absolute atomic E-state index is 6.29. The molecule has 0 aromatic rings. The fourth-order valence-electron chi connectivity index (χ4n) is 3.18. The van der Waals surface area contributed by atoms with E-state index in [9.17, 15) is 0 Å². The van der Waals surface area contributed by atoms with Crippen LogP contribution in [0.3, 0.4) is 0 Å². The summed E-state index contributed by atoms with van der Waals surface area (Å²) in [6.07, 6.45) is 12.5. The van der Waals surface area contributed by atoms with E-state index >= 15 is 0 Å². The second-order valence-electron chi connectivity index (χ2n) is 5.29. The third-order valence-electron chi connectivity index (χ3n) is 4.47. The number of alkyl halides is 1. The number of halogens is 1. The van der Waals surface area contributed by atoms with Crippen LogP contribution < -0.4 is 0 Å². The molecule has 0 aromatic carbocycles. The molecule has 1 saturated carbocycles. The quantitative estimate of drug-likeness (QED) is 0.537. The summed E-state index contributed by atoms with van der Waals surface area (Å²) in [6, 6.07) is 0. The molecule has 0 bridgehead atoms. The Labute approximate surface area is 101 Å². The second kappa shape index (κ2) is 6.78. The molecule has 1 atom stereocenters. The molecule has 15 heavy (non-hydrogen) atoms. The highest BCUT2D eigenvalue weighted by atomic mass is 35.5. The molecule has 1 unspecified atom stereocenters. The van der Waals surface area contributed by atoms with Crippen molar-refractivity contribution in [1.29, 1.82) is 0 Å². The third kappa shape index (κ3) is 3.37. The highest BCUT2D eigenvalue weighted by molar-refractivity contribution is 6.18. The van der Waals surface area contributed by atoms with Crippen LogP contribution in [0.5, 0.6) is 0 Å². The zero-order chi connectivity index (χ0) is 11.1. The van der Waals surface area contributed by atoms with E-state index in [0.717, 1.165) is 11.8 Å². The normalized spacial score (nSPS) is 22.6. The largest absolute Gasteiger partial charge is 0.126 e. The van der Waals surface area contributed by atoms with Crippen LogP contribution in [-0.2, 0) is 0 Å². The van der Waals surface area contributed by atoms with Crippen LogP contribution in [0, 0.1) is 11.3 Å². The Hall–Kier alpha value is 0.290. The molecule has 1 heteroatoms. The van der Waals surface area contributed by atoms with Crippen LogP contribution in [0.2, 0.25) is 0 Å². The Morgan fingerprint density at radius 1 is 1.13 bits per heavy atom. The lowest BCUT2D eigenvalue weighted by Crippen LogP contribution is -2.33. The van der Waals surface area contributed by atoms with Gasteiger partial charge in [-0.2, -0.15) is 0 Å². The fourth-order valence-corrected chi connectivity index (χ4v) is 3.72. The molecule has 1 aliphatic rings. The van der Waals surface area contributed by atoms with Gasteiger partial charge in [0.15, 0.2) is 0 Å². The van der Waals surface area contributed by atoms with Crippen LogP contribution in [0.25, 0.3) is 0 Å². The van der Waals surface area contributed by atoms with Gasteiger partial charge in [-0.15, -0.1) is 11.6 Å². The van der Waals surface area contributed by atoms with Gasteiger partial charge in [0.25, 0.3) is 0 Å². The number of hydrogen-bond acceptors (Lipinski definition) is 0. The minimum Gasteiger partial charge on any atom is -0.126 e. The lowest BCUT2D eigenvalue weighted by atomic mass is 9.66. The number of unbranched alkanes of at least 4 members (excludes halogenated alkanes) is 1. The van der Waals surface area contributed by atoms with Gasteiger partial charge in [0.05, 0.1) is 0 Å². The van der Waals surface area contributed by atoms with Crippen molar-refractivity contribution < 1.29 is 0 Å². The van der Waals surface area contributed by atoms with Gasteiger partial charge < -0.3 is 0 Å². The first-order valence-corrected chi connectivity index (χ1v) is 7.38. The van der Waals surface area contributed by atoms with Gasteiger partial charge in [0.2, 0.25) is 0 Å². The lowest BCUT2D eigenvalue weighted by Gasteiger charge is -2.41. The van der Waals surface area contributed by atoms with E-state index in [1.807, 2.05) is 0 Å². The molecule has 0 aliphatic heterocycles. The van der Waals surface area contributed by atoms with Crippen LogP contribution in [0.1, 0.15) is 71.6 Å². The average Bonchev–Trinajstić information content (AvgIpc) is 2.33. The topological polar surface area (TPSA) is 0 Å². The molecular formula is C14H27Cl. The van der Waals surface area contributed by atoms with Crippen molar-refractivity contribution in [3.8, 4) is 0 Å². The maximum Gasteiger partial charge on any atom is 0.0282 e. The second-order valence-corrected chi connectivity index (χ2v) is 5.56. The SMILES string of the molecule is CCCCC(CC)(CCl)C1CCCCC1. The molecule has 0 nitrogen and oxygen atoms in total. The molecule has 0 spiro atoms. The van der Waals surface area contributed by atoms with Crippen molar-refractivity contribution in [3.63, 3.8) is 0 Å². The van der Waals surface area contributed by atoms with Gasteiger partial charge in [0, 0.05) is 5.88 Å². The zero-order valence-corrected chi connectivity index (χ0v) is 11.3. The first-order valence-electron chi connectivity index (χ1n) is 6.85. The van der Waals surface area contributed by atoms with E-state index in [1.165, 1.54) is 57.8 Å². The molecule has 0 N–H and O–H groups in total. The highest BCUT2D eigenvalue weighted by Gasteiger charge is 2.36. The van der Waals surface area contributed by atoms with Crippen LogP contribution in [0.4, 0.5) is 0 Å². The van der Waals surface area contributed by atoms with Gasteiger partial charge in [-0.1, -0.05) is 46.0 Å².